The van der Waals surface area contributed by atoms with Crippen molar-refractivity contribution in [1.29, 1.82) is 0 Å². The number of ether oxygens (including phenoxy) is 1. The van der Waals surface area contributed by atoms with Gasteiger partial charge in [0.25, 0.3) is 0 Å². The average Bonchev–Trinajstić information content (AvgIpc) is 2.88. The van der Waals surface area contributed by atoms with Crippen LogP contribution in [-0.4, -0.2) is 42.4 Å². The number of anilines is 1. The maximum Gasteiger partial charge on any atom is 0.206 e. The highest BCUT2D eigenvalue weighted by Gasteiger charge is 2.25. The van der Waals surface area contributed by atoms with Crippen molar-refractivity contribution in [1.82, 2.24) is 9.55 Å². The Balaban J connectivity index is 2.18. The lowest BCUT2D eigenvalue weighted by Crippen LogP contribution is -2.45. The lowest BCUT2D eigenvalue weighted by molar-refractivity contribution is 0.162. The summed E-state index contributed by atoms with van der Waals surface area (Å²) in [5.41, 5.74) is 5.88. The number of imidazole rings is 1. The maximum absolute atomic E-state index is 5.88. The zero-order valence-electron chi connectivity index (χ0n) is 11.4. The molecule has 0 aliphatic carbocycles. The summed E-state index contributed by atoms with van der Waals surface area (Å²) >= 11 is 0. The summed E-state index contributed by atoms with van der Waals surface area (Å²) in [6.07, 6.45) is 7.56. The lowest BCUT2D eigenvalue weighted by Gasteiger charge is -2.36. The van der Waals surface area contributed by atoms with Crippen molar-refractivity contribution in [2.24, 2.45) is 5.73 Å². The van der Waals surface area contributed by atoms with Crippen LogP contribution in [-0.2, 0) is 4.74 Å². The van der Waals surface area contributed by atoms with E-state index in [0.29, 0.717) is 25.2 Å². The van der Waals surface area contributed by atoms with E-state index in [1.54, 1.807) is 7.11 Å². The Bertz CT molecular complexity index is 366. The molecular weight excluding hydrogens is 228 g/mol. The van der Waals surface area contributed by atoms with Gasteiger partial charge in [-0.3, -0.25) is 0 Å². The van der Waals surface area contributed by atoms with Crippen LogP contribution >= 0.6 is 0 Å². The largest absolute Gasteiger partial charge is 0.383 e. The first kappa shape index (κ1) is 13.4. The van der Waals surface area contributed by atoms with E-state index in [2.05, 4.69) is 21.4 Å². The van der Waals surface area contributed by atoms with E-state index in [9.17, 15) is 0 Å². The van der Waals surface area contributed by atoms with Crippen molar-refractivity contribution >= 4 is 5.95 Å². The Labute approximate surface area is 109 Å². The number of rotatable bonds is 5. The van der Waals surface area contributed by atoms with Gasteiger partial charge in [-0.2, -0.15) is 0 Å². The number of piperidine rings is 1. The third-order valence-electron chi connectivity index (χ3n) is 3.69. The summed E-state index contributed by atoms with van der Waals surface area (Å²) in [6.45, 7) is 4.60. The Morgan fingerprint density at radius 2 is 2.39 bits per heavy atom. The van der Waals surface area contributed by atoms with Crippen LogP contribution in [0.5, 0.6) is 0 Å². The van der Waals surface area contributed by atoms with Gasteiger partial charge in [0, 0.05) is 38.6 Å². The molecule has 2 rings (SSSR count). The molecule has 1 fully saturated rings. The Morgan fingerprint density at radius 1 is 1.56 bits per heavy atom. The molecule has 1 saturated heterocycles. The second kappa shape index (κ2) is 6.20. The molecule has 2 unspecified atom stereocenters. The summed E-state index contributed by atoms with van der Waals surface area (Å²) in [7, 11) is 1.73. The zero-order chi connectivity index (χ0) is 13.0. The molecule has 102 valence electrons. The van der Waals surface area contributed by atoms with Gasteiger partial charge >= 0.3 is 0 Å². The number of nitrogens with zero attached hydrogens (tertiary/aromatic N) is 3. The van der Waals surface area contributed by atoms with E-state index in [1.807, 2.05) is 12.4 Å². The number of hydrogen-bond donors (Lipinski definition) is 1. The van der Waals surface area contributed by atoms with Gasteiger partial charge < -0.3 is 19.9 Å². The minimum absolute atomic E-state index is 0.299. The summed E-state index contributed by atoms with van der Waals surface area (Å²) < 4.78 is 7.42. The van der Waals surface area contributed by atoms with E-state index in [4.69, 9.17) is 10.5 Å². The lowest BCUT2D eigenvalue weighted by atomic mass is 10.0. The van der Waals surface area contributed by atoms with Crippen LogP contribution < -0.4 is 10.6 Å². The molecule has 2 N–H and O–H groups in total. The summed E-state index contributed by atoms with van der Waals surface area (Å²) in [4.78, 5) is 6.88. The topological polar surface area (TPSA) is 56.3 Å². The second-order valence-electron chi connectivity index (χ2n) is 5.02. The first-order valence-electron chi connectivity index (χ1n) is 6.76. The molecule has 0 spiro atoms. The van der Waals surface area contributed by atoms with Crippen LogP contribution in [0.1, 0.15) is 32.2 Å². The van der Waals surface area contributed by atoms with E-state index >= 15 is 0 Å². The maximum atomic E-state index is 5.88. The van der Waals surface area contributed by atoms with Crippen molar-refractivity contribution in [3.05, 3.63) is 12.4 Å². The molecule has 1 aliphatic rings. The van der Waals surface area contributed by atoms with E-state index in [0.717, 1.165) is 12.5 Å². The molecule has 0 saturated carbocycles. The average molecular weight is 252 g/mol. The van der Waals surface area contributed by atoms with Crippen molar-refractivity contribution in [2.45, 2.75) is 38.3 Å². The predicted octanol–water partition coefficient (Wildman–Crippen LogP) is 1.41. The molecule has 5 nitrogen and oxygen atoms in total. The third kappa shape index (κ3) is 2.67. The number of aromatic nitrogens is 2. The highest BCUT2D eigenvalue weighted by Crippen LogP contribution is 2.25. The molecule has 2 heterocycles. The highest BCUT2D eigenvalue weighted by atomic mass is 16.5. The van der Waals surface area contributed by atoms with Gasteiger partial charge in [0.05, 0.1) is 12.6 Å². The molecule has 0 aromatic carbocycles. The molecule has 0 bridgehead atoms. The fourth-order valence-corrected chi connectivity index (χ4v) is 2.70. The molecule has 1 aromatic heterocycles. The van der Waals surface area contributed by atoms with Crippen molar-refractivity contribution in [3.63, 3.8) is 0 Å². The summed E-state index contributed by atoms with van der Waals surface area (Å²) in [6, 6.07) is 0.725. The molecule has 18 heavy (non-hydrogen) atoms. The van der Waals surface area contributed by atoms with Crippen LogP contribution in [0.25, 0.3) is 0 Å². The highest BCUT2D eigenvalue weighted by molar-refractivity contribution is 5.34. The fraction of sp³-hybridized carbons (Fsp3) is 0.769. The van der Waals surface area contributed by atoms with Gasteiger partial charge in [0.1, 0.15) is 0 Å². The normalized spacial score (nSPS) is 22.2. The summed E-state index contributed by atoms with van der Waals surface area (Å²) in [5.74, 6) is 1.04. The Hall–Kier alpha value is -1.07. The zero-order valence-corrected chi connectivity index (χ0v) is 11.4. The quantitative estimate of drug-likeness (QED) is 0.861. The third-order valence-corrected chi connectivity index (χ3v) is 3.69. The molecule has 1 aromatic rings. The van der Waals surface area contributed by atoms with E-state index in [-0.39, 0.29) is 0 Å². The Kier molecular flexibility index (Phi) is 4.60. The molecular formula is C13H24N4O. The van der Waals surface area contributed by atoms with Crippen LogP contribution in [0.4, 0.5) is 5.95 Å². The summed E-state index contributed by atoms with van der Waals surface area (Å²) in [5, 5.41) is 0. The van der Waals surface area contributed by atoms with Gasteiger partial charge in [-0.1, -0.05) is 0 Å². The van der Waals surface area contributed by atoms with Crippen molar-refractivity contribution in [2.75, 3.05) is 31.7 Å². The van der Waals surface area contributed by atoms with Crippen LogP contribution in [0.2, 0.25) is 0 Å². The van der Waals surface area contributed by atoms with Gasteiger partial charge in [0.15, 0.2) is 0 Å². The van der Waals surface area contributed by atoms with Crippen molar-refractivity contribution < 1.29 is 4.74 Å². The molecule has 0 radical (unpaired) electrons. The standard InChI is InChI=1S/C13H24N4O/c1-11(10-18-2)16-8-6-15-13(16)17-7-4-3-5-12(17)9-14/h6,8,11-12H,3-5,7,9-10,14H2,1-2H3. The fourth-order valence-electron chi connectivity index (χ4n) is 2.70. The van der Waals surface area contributed by atoms with E-state index in [1.165, 1.54) is 19.3 Å². The van der Waals surface area contributed by atoms with Gasteiger partial charge in [-0.05, 0) is 26.2 Å². The van der Waals surface area contributed by atoms with Gasteiger partial charge in [0.2, 0.25) is 5.95 Å². The Morgan fingerprint density at radius 3 is 3.11 bits per heavy atom. The van der Waals surface area contributed by atoms with Crippen LogP contribution in [0.15, 0.2) is 12.4 Å². The first-order valence-corrected chi connectivity index (χ1v) is 6.76. The van der Waals surface area contributed by atoms with Crippen LogP contribution in [0, 0.1) is 0 Å². The van der Waals surface area contributed by atoms with Gasteiger partial charge in [-0.15, -0.1) is 0 Å². The number of methoxy groups -OCH3 is 1. The monoisotopic (exact) mass is 252 g/mol. The minimum atomic E-state index is 0.299. The smallest absolute Gasteiger partial charge is 0.206 e. The van der Waals surface area contributed by atoms with E-state index < -0.39 is 0 Å². The minimum Gasteiger partial charge on any atom is -0.383 e. The predicted molar refractivity (Wildman–Crippen MR) is 72.9 cm³/mol. The SMILES string of the molecule is COCC(C)n1ccnc1N1CCCCC1CN. The van der Waals surface area contributed by atoms with Crippen LogP contribution in [0.3, 0.4) is 0 Å². The molecule has 1 aliphatic heterocycles. The van der Waals surface area contributed by atoms with Gasteiger partial charge in [-0.25, -0.2) is 4.98 Å². The number of hydrogen-bond acceptors (Lipinski definition) is 4. The first-order chi connectivity index (χ1) is 8.77. The molecule has 2 atom stereocenters. The molecule has 5 heteroatoms. The number of nitrogens with two attached hydrogens (primary N) is 1. The molecule has 0 amide bonds. The second-order valence-corrected chi connectivity index (χ2v) is 5.02. The van der Waals surface area contributed by atoms with Crippen molar-refractivity contribution in [3.8, 4) is 0 Å².